The van der Waals surface area contributed by atoms with Crippen LogP contribution in [0.2, 0.25) is 0 Å². The Labute approximate surface area is 97.6 Å². The maximum Gasteiger partial charge on any atom is 0.124 e. The summed E-state index contributed by atoms with van der Waals surface area (Å²) in [6.07, 6.45) is 0. The first kappa shape index (κ1) is 13.0. The molecule has 0 heterocycles. The van der Waals surface area contributed by atoms with Gasteiger partial charge in [-0.1, -0.05) is 17.7 Å². The second kappa shape index (κ2) is 5.32. The van der Waals surface area contributed by atoms with Crippen molar-refractivity contribution in [2.75, 3.05) is 20.3 Å². The third-order valence-corrected chi connectivity index (χ3v) is 2.58. The third kappa shape index (κ3) is 2.97. The van der Waals surface area contributed by atoms with Gasteiger partial charge in [0.1, 0.15) is 5.75 Å². The van der Waals surface area contributed by atoms with E-state index in [-0.39, 0.29) is 0 Å². The zero-order chi connectivity index (χ0) is 12.2. The van der Waals surface area contributed by atoms with Gasteiger partial charge in [-0.2, -0.15) is 0 Å². The van der Waals surface area contributed by atoms with Crippen molar-refractivity contribution in [3.63, 3.8) is 0 Å². The molecule has 0 saturated heterocycles. The van der Waals surface area contributed by atoms with Crippen LogP contribution in [0.5, 0.6) is 5.75 Å². The van der Waals surface area contributed by atoms with Crippen LogP contribution in [0, 0.1) is 6.92 Å². The predicted octanol–water partition coefficient (Wildman–Crippen LogP) is 2.21. The van der Waals surface area contributed by atoms with E-state index in [4.69, 9.17) is 15.2 Å². The van der Waals surface area contributed by atoms with Crippen molar-refractivity contribution in [2.24, 2.45) is 5.73 Å². The molecular formula is C13H21NO2. The van der Waals surface area contributed by atoms with Crippen LogP contribution >= 0.6 is 0 Å². The third-order valence-electron chi connectivity index (χ3n) is 2.58. The predicted molar refractivity (Wildman–Crippen MR) is 65.8 cm³/mol. The van der Waals surface area contributed by atoms with Gasteiger partial charge in [0, 0.05) is 12.2 Å². The molecule has 0 amide bonds. The number of rotatable bonds is 5. The summed E-state index contributed by atoms with van der Waals surface area (Å²) in [5.74, 6) is 0.815. The molecule has 0 aliphatic heterocycles. The molecule has 3 heteroatoms. The fourth-order valence-corrected chi connectivity index (χ4v) is 1.66. The van der Waals surface area contributed by atoms with E-state index >= 15 is 0 Å². The molecule has 0 saturated carbocycles. The van der Waals surface area contributed by atoms with Gasteiger partial charge in [-0.15, -0.1) is 0 Å². The fraction of sp³-hybridized carbons (Fsp3) is 0.538. The Morgan fingerprint density at radius 1 is 1.38 bits per heavy atom. The summed E-state index contributed by atoms with van der Waals surface area (Å²) in [6, 6.07) is 6.01. The molecule has 1 atom stereocenters. The molecule has 1 aromatic carbocycles. The Hall–Kier alpha value is -1.06. The van der Waals surface area contributed by atoms with Crippen LogP contribution in [0.3, 0.4) is 0 Å². The van der Waals surface area contributed by atoms with Gasteiger partial charge in [-0.3, -0.25) is 0 Å². The van der Waals surface area contributed by atoms with Crippen molar-refractivity contribution < 1.29 is 9.47 Å². The van der Waals surface area contributed by atoms with Crippen LogP contribution in [0.15, 0.2) is 18.2 Å². The molecule has 16 heavy (non-hydrogen) atoms. The minimum atomic E-state index is -0.520. The number of nitrogens with two attached hydrogens (primary N) is 1. The van der Waals surface area contributed by atoms with Crippen LogP contribution in [-0.2, 0) is 10.3 Å². The minimum Gasteiger partial charge on any atom is -0.496 e. The summed E-state index contributed by atoms with van der Waals surface area (Å²) in [6.45, 7) is 7.12. The van der Waals surface area contributed by atoms with Crippen LogP contribution in [-0.4, -0.2) is 20.3 Å². The van der Waals surface area contributed by atoms with Crippen LogP contribution < -0.4 is 10.5 Å². The zero-order valence-corrected chi connectivity index (χ0v) is 10.5. The minimum absolute atomic E-state index is 0.489. The standard InChI is InChI=1S/C13H21NO2/c1-5-16-9-13(3,14)11-8-10(2)6-7-12(11)15-4/h6-8H,5,9,14H2,1-4H3. The average molecular weight is 223 g/mol. The van der Waals surface area contributed by atoms with E-state index in [9.17, 15) is 0 Å². The zero-order valence-electron chi connectivity index (χ0n) is 10.5. The van der Waals surface area contributed by atoms with Crippen molar-refractivity contribution in [3.8, 4) is 5.75 Å². The largest absolute Gasteiger partial charge is 0.496 e. The van der Waals surface area contributed by atoms with Gasteiger partial charge < -0.3 is 15.2 Å². The van der Waals surface area contributed by atoms with Crippen molar-refractivity contribution >= 4 is 0 Å². The summed E-state index contributed by atoms with van der Waals surface area (Å²) in [5, 5.41) is 0. The summed E-state index contributed by atoms with van der Waals surface area (Å²) >= 11 is 0. The number of benzene rings is 1. The SMILES string of the molecule is CCOCC(C)(N)c1cc(C)ccc1OC. The average Bonchev–Trinajstić information content (AvgIpc) is 2.26. The van der Waals surface area contributed by atoms with Gasteiger partial charge in [-0.25, -0.2) is 0 Å². The van der Waals surface area contributed by atoms with Gasteiger partial charge in [0.15, 0.2) is 0 Å². The lowest BCUT2D eigenvalue weighted by atomic mass is 9.92. The van der Waals surface area contributed by atoms with Crippen LogP contribution in [0.1, 0.15) is 25.0 Å². The van der Waals surface area contributed by atoms with E-state index in [1.54, 1.807) is 7.11 Å². The lowest BCUT2D eigenvalue weighted by Crippen LogP contribution is -2.38. The van der Waals surface area contributed by atoms with Crippen molar-refractivity contribution in [1.29, 1.82) is 0 Å². The summed E-state index contributed by atoms with van der Waals surface area (Å²) < 4.78 is 10.7. The van der Waals surface area contributed by atoms with Crippen LogP contribution in [0.4, 0.5) is 0 Å². The van der Waals surface area contributed by atoms with Crippen LogP contribution in [0.25, 0.3) is 0 Å². The Bertz CT molecular complexity index is 348. The highest BCUT2D eigenvalue weighted by atomic mass is 16.5. The molecule has 0 radical (unpaired) electrons. The Morgan fingerprint density at radius 2 is 2.06 bits per heavy atom. The van der Waals surface area contributed by atoms with Gasteiger partial charge in [0.05, 0.1) is 19.3 Å². The first-order chi connectivity index (χ1) is 7.51. The Kier molecular flexibility index (Phi) is 4.33. The fourth-order valence-electron chi connectivity index (χ4n) is 1.66. The van der Waals surface area contributed by atoms with E-state index in [0.717, 1.165) is 11.3 Å². The molecule has 2 N–H and O–H groups in total. The lowest BCUT2D eigenvalue weighted by Gasteiger charge is -2.27. The Morgan fingerprint density at radius 3 is 2.62 bits per heavy atom. The first-order valence-corrected chi connectivity index (χ1v) is 5.53. The van der Waals surface area contributed by atoms with Crippen molar-refractivity contribution in [1.82, 2.24) is 0 Å². The number of aryl methyl sites for hydroxylation is 1. The molecule has 3 nitrogen and oxygen atoms in total. The second-order valence-electron chi connectivity index (χ2n) is 4.26. The molecule has 0 aromatic heterocycles. The van der Waals surface area contributed by atoms with Crippen molar-refractivity contribution in [2.45, 2.75) is 26.3 Å². The highest BCUT2D eigenvalue weighted by Gasteiger charge is 2.25. The highest BCUT2D eigenvalue weighted by Crippen LogP contribution is 2.29. The van der Waals surface area contributed by atoms with Crippen molar-refractivity contribution in [3.05, 3.63) is 29.3 Å². The molecule has 0 aliphatic carbocycles. The topological polar surface area (TPSA) is 44.5 Å². The molecular weight excluding hydrogens is 202 g/mol. The summed E-state index contributed by atoms with van der Waals surface area (Å²) in [5.41, 5.74) is 7.90. The van der Waals surface area contributed by atoms with Gasteiger partial charge >= 0.3 is 0 Å². The monoisotopic (exact) mass is 223 g/mol. The number of hydrogen-bond acceptors (Lipinski definition) is 3. The number of hydrogen-bond donors (Lipinski definition) is 1. The molecule has 1 unspecified atom stereocenters. The number of methoxy groups -OCH3 is 1. The molecule has 0 aliphatic rings. The van der Waals surface area contributed by atoms with E-state index in [0.29, 0.717) is 13.2 Å². The van der Waals surface area contributed by atoms with E-state index in [1.165, 1.54) is 5.56 Å². The van der Waals surface area contributed by atoms with Gasteiger partial charge in [0.2, 0.25) is 0 Å². The Balaban J connectivity index is 3.04. The van der Waals surface area contributed by atoms with E-state index < -0.39 is 5.54 Å². The van der Waals surface area contributed by atoms with Gasteiger partial charge in [0.25, 0.3) is 0 Å². The second-order valence-corrected chi connectivity index (χ2v) is 4.26. The smallest absolute Gasteiger partial charge is 0.124 e. The molecule has 90 valence electrons. The maximum atomic E-state index is 6.26. The van der Waals surface area contributed by atoms with Gasteiger partial charge in [-0.05, 0) is 26.8 Å². The maximum absolute atomic E-state index is 6.26. The molecule has 1 rings (SSSR count). The normalized spacial score (nSPS) is 14.6. The lowest BCUT2D eigenvalue weighted by molar-refractivity contribution is 0.0996. The first-order valence-electron chi connectivity index (χ1n) is 5.53. The summed E-state index contributed by atoms with van der Waals surface area (Å²) in [7, 11) is 1.66. The quantitative estimate of drug-likeness (QED) is 0.832. The summed E-state index contributed by atoms with van der Waals surface area (Å²) in [4.78, 5) is 0. The highest BCUT2D eigenvalue weighted by molar-refractivity contribution is 5.41. The molecule has 0 bridgehead atoms. The molecule has 0 fully saturated rings. The van der Waals surface area contributed by atoms with E-state index in [1.807, 2.05) is 32.9 Å². The number of ether oxygens (including phenoxy) is 2. The van der Waals surface area contributed by atoms with E-state index in [2.05, 4.69) is 6.07 Å². The molecule has 0 spiro atoms. The molecule has 1 aromatic rings.